The Hall–Kier alpha value is -5.03. The highest BCUT2D eigenvalue weighted by Gasteiger charge is 2.30. The van der Waals surface area contributed by atoms with Gasteiger partial charge in [0.1, 0.15) is 23.3 Å². The maximum Gasteiger partial charge on any atom is 0.302 e. The quantitative estimate of drug-likeness (QED) is 0.239. The van der Waals surface area contributed by atoms with Crippen LogP contribution >= 0.6 is 0 Å². The molecule has 11 nitrogen and oxygen atoms in total. The van der Waals surface area contributed by atoms with Crippen molar-refractivity contribution >= 4 is 45.8 Å². The van der Waals surface area contributed by atoms with Crippen LogP contribution in [0.4, 0.5) is 11.8 Å². The normalized spacial score (nSPS) is 15.3. The molecule has 0 unspecified atom stereocenters. The van der Waals surface area contributed by atoms with E-state index in [2.05, 4.69) is 39.0 Å². The number of likely N-dealkylation sites (N-methyl/N-ethyl adjacent to an activating group) is 1. The summed E-state index contributed by atoms with van der Waals surface area (Å²) in [6.45, 7) is 7.92. The van der Waals surface area contributed by atoms with Gasteiger partial charge in [-0.25, -0.2) is 9.97 Å². The van der Waals surface area contributed by atoms with Crippen LogP contribution in [0.15, 0.2) is 77.6 Å². The average molecular weight is 579 g/mol. The number of benzene rings is 2. The monoisotopic (exact) mass is 578 g/mol. The van der Waals surface area contributed by atoms with E-state index < -0.39 is 5.91 Å². The number of nitrogens with one attached hydrogen (secondary N) is 1. The SMILES string of the molecule is CCN(CC)C/C=C/C(=O)N1CC[C@@H](n2cc(C(=O)Nc3nc4cc(-c5ccccc5)ccc4o3)c3c(N)ncnc32)C1. The summed E-state index contributed by atoms with van der Waals surface area (Å²) in [5.74, 6) is -0.265. The molecular weight excluding hydrogens is 544 g/mol. The van der Waals surface area contributed by atoms with E-state index in [1.54, 1.807) is 12.3 Å². The molecule has 0 aliphatic carbocycles. The number of oxazole rings is 1. The van der Waals surface area contributed by atoms with Gasteiger partial charge in [-0.15, -0.1) is 0 Å². The highest BCUT2D eigenvalue weighted by Crippen LogP contribution is 2.32. The summed E-state index contributed by atoms with van der Waals surface area (Å²) >= 11 is 0. The third-order valence-electron chi connectivity index (χ3n) is 7.99. The molecule has 2 aromatic carbocycles. The number of nitrogens with zero attached hydrogens (tertiary/aromatic N) is 6. The van der Waals surface area contributed by atoms with E-state index in [9.17, 15) is 9.59 Å². The van der Waals surface area contributed by atoms with Crippen LogP contribution in [0.5, 0.6) is 0 Å². The maximum atomic E-state index is 13.6. The lowest BCUT2D eigenvalue weighted by Gasteiger charge is -2.17. The van der Waals surface area contributed by atoms with Gasteiger partial charge >= 0.3 is 6.01 Å². The van der Waals surface area contributed by atoms with Gasteiger partial charge in [0.15, 0.2) is 5.58 Å². The van der Waals surface area contributed by atoms with Crippen molar-refractivity contribution in [3.05, 3.63) is 78.8 Å². The fourth-order valence-electron chi connectivity index (χ4n) is 5.57. The first kappa shape index (κ1) is 28.1. The summed E-state index contributed by atoms with van der Waals surface area (Å²) in [7, 11) is 0. The Balaban J connectivity index is 1.22. The Morgan fingerprint density at radius 1 is 1.12 bits per heavy atom. The van der Waals surface area contributed by atoms with Crippen molar-refractivity contribution in [1.29, 1.82) is 0 Å². The fraction of sp³-hybridized carbons (Fsp3) is 0.281. The lowest BCUT2D eigenvalue weighted by Crippen LogP contribution is -2.28. The van der Waals surface area contributed by atoms with E-state index in [1.165, 1.54) is 6.33 Å². The van der Waals surface area contributed by atoms with Crippen LogP contribution < -0.4 is 11.1 Å². The van der Waals surface area contributed by atoms with E-state index in [1.807, 2.05) is 64.1 Å². The van der Waals surface area contributed by atoms with Gasteiger partial charge in [0.05, 0.1) is 17.0 Å². The van der Waals surface area contributed by atoms with Gasteiger partial charge in [-0.3, -0.25) is 14.9 Å². The first-order chi connectivity index (χ1) is 20.9. The molecule has 2 amide bonds. The van der Waals surface area contributed by atoms with Crippen LogP contribution in [0, 0.1) is 0 Å². The molecule has 1 saturated heterocycles. The van der Waals surface area contributed by atoms with E-state index in [0.29, 0.717) is 40.8 Å². The summed E-state index contributed by atoms with van der Waals surface area (Å²) in [6, 6.07) is 15.7. The van der Waals surface area contributed by atoms with E-state index >= 15 is 0 Å². The van der Waals surface area contributed by atoms with Gasteiger partial charge in [0.25, 0.3) is 5.91 Å². The number of nitrogens with two attached hydrogens (primary N) is 1. The number of aromatic nitrogens is 4. The van der Waals surface area contributed by atoms with Crippen molar-refractivity contribution in [2.75, 3.05) is 43.8 Å². The number of rotatable bonds is 9. The van der Waals surface area contributed by atoms with Gasteiger partial charge in [-0.05, 0) is 42.8 Å². The van der Waals surface area contributed by atoms with Crippen molar-refractivity contribution in [2.24, 2.45) is 0 Å². The number of nitrogen functional groups attached to an aromatic ring is 1. The molecule has 3 N–H and O–H groups in total. The molecule has 0 saturated carbocycles. The number of fused-ring (bicyclic) bond motifs is 2. The molecule has 6 rings (SSSR count). The Labute approximate surface area is 249 Å². The lowest BCUT2D eigenvalue weighted by atomic mass is 10.1. The zero-order valence-corrected chi connectivity index (χ0v) is 24.2. The van der Waals surface area contributed by atoms with Crippen LogP contribution in [0.3, 0.4) is 0 Å². The molecule has 0 spiro atoms. The smallest absolute Gasteiger partial charge is 0.302 e. The second-order valence-corrected chi connectivity index (χ2v) is 10.5. The number of amides is 2. The van der Waals surface area contributed by atoms with Crippen molar-refractivity contribution in [2.45, 2.75) is 26.3 Å². The predicted molar refractivity (Wildman–Crippen MR) is 167 cm³/mol. The zero-order chi connectivity index (χ0) is 29.9. The van der Waals surface area contributed by atoms with Gasteiger partial charge in [-0.2, -0.15) is 4.98 Å². The third kappa shape index (κ3) is 5.71. The Bertz CT molecular complexity index is 1810. The Kier molecular flexibility index (Phi) is 7.89. The molecule has 1 aliphatic rings. The number of likely N-dealkylation sites (tertiary alicyclic amines) is 1. The van der Waals surface area contributed by atoms with Crippen molar-refractivity contribution in [1.82, 2.24) is 29.3 Å². The lowest BCUT2D eigenvalue weighted by molar-refractivity contribution is -0.125. The van der Waals surface area contributed by atoms with Crippen LogP contribution in [0.1, 0.15) is 36.7 Å². The van der Waals surface area contributed by atoms with Gasteiger partial charge in [0, 0.05) is 31.9 Å². The van der Waals surface area contributed by atoms with Crippen molar-refractivity contribution in [3.8, 4) is 11.1 Å². The van der Waals surface area contributed by atoms with Crippen molar-refractivity contribution in [3.63, 3.8) is 0 Å². The Morgan fingerprint density at radius 2 is 1.93 bits per heavy atom. The molecule has 0 bridgehead atoms. The van der Waals surface area contributed by atoms with Gasteiger partial charge in [-0.1, -0.05) is 56.3 Å². The number of hydrogen-bond donors (Lipinski definition) is 2. The standard InChI is InChI=1S/C32H34N8O3/c1-3-38(4-2)15-8-11-27(41)39-16-14-23(18-39)40-19-24(28-29(33)34-20-35-30(28)40)31(42)37-32-36-25-17-22(12-13-26(25)43-32)21-9-6-5-7-10-21/h5-13,17,19-20,23H,3-4,14-16,18H2,1-2H3,(H2,33,34,35)(H,36,37,42)/b11-8+/t23-/m1/s1. The second kappa shape index (κ2) is 12.1. The van der Waals surface area contributed by atoms with Gasteiger partial charge < -0.3 is 24.5 Å². The molecule has 220 valence electrons. The maximum absolute atomic E-state index is 13.6. The van der Waals surface area contributed by atoms with Crippen LogP contribution in [0.2, 0.25) is 0 Å². The molecular formula is C32H34N8O3. The first-order valence-corrected chi connectivity index (χ1v) is 14.5. The van der Waals surface area contributed by atoms with Crippen LogP contribution in [-0.2, 0) is 4.79 Å². The zero-order valence-electron chi connectivity index (χ0n) is 24.2. The third-order valence-corrected chi connectivity index (χ3v) is 7.99. The Morgan fingerprint density at radius 3 is 2.72 bits per heavy atom. The summed E-state index contributed by atoms with van der Waals surface area (Å²) < 4.78 is 7.76. The highest BCUT2D eigenvalue weighted by molar-refractivity contribution is 6.14. The molecule has 4 heterocycles. The molecule has 5 aromatic rings. The number of carbonyl (C=O) groups is 2. The van der Waals surface area contributed by atoms with E-state index in [4.69, 9.17) is 10.2 Å². The number of hydrogen-bond acceptors (Lipinski definition) is 8. The van der Waals surface area contributed by atoms with Crippen molar-refractivity contribution < 1.29 is 14.0 Å². The molecule has 0 radical (unpaired) electrons. The molecule has 11 heteroatoms. The molecule has 1 atom stereocenters. The summed E-state index contributed by atoms with van der Waals surface area (Å²) in [6.07, 6.45) is 7.40. The van der Waals surface area contributed by atoms with Crippen LogP contribution in [-0.4, -0.2) is 73.9 Å². The molecule has 3 aromatic heterocycles. The molecule has 43 heavy (non-hydrogen) atoms. The second-order valence-electron chi connectivity index (χ2n) is 10.5. The minimum absolute atomic E-state index is 0.0235. The topological polar surface area (TPSA) is 135 Å². The molecule has 1 aliphatic heterocycles. The minimum Gasteiger partial charge on any atom is -0.423 e. The highest BCUT2D eigenvalue weighted by atomic mass is 16.4. The summed E-state index contributed by atoms with van der Waals surface area (Å²) in [4.78, 5) is 43.6. The molecule has 1 fully saturated rings. The van der Waals surface area contributed by atoms with E-state index in [-0.39, 0.29) is 23.8 Å². The number of carbonyl (C=O) groups excluding carboxylic acids is 2. The fourth-order valence-corrected chi connectivity index (χ4v) is 5.57. The summed E-state index contributed by atoms with van der Waals surface area (Å²) in [5, 5.41) is 3.23. The first-order valence-electron chi connectivity index (χ1n) is 14.5. The van der Waals surface area contributed by atoms with Gasteiger partial charge in [0.2, 0.25) is 5.91 Å². The van der Waals surface area contributed by atoms with Crippen LogP contribution in [0.25, 0.3) is 33.3 Å². The van der Waals surface area contributed by atoms with E-state index in [0.717, 1.165) is 37.2 Å². The largest absolute Gasteiger partial charge is 0.423 e. The minimum atomic E-state index is -0.439. The average Bonchev–Trinajstić information content (AvgIpc) is 3.76. The predicted octanol–water partition coefficient (Wildman–Crippen LogP) is 4.75. The number of anilines is 2. The summed E-state index contributed by atoms with van der Waals surface area (Å²) in [5.41, 5.74) is 10.3.